The minimum Gasteiger partial charge on any atom is -0.369 e. The predicted molar refractivity (Wildman–Crippen MR) is 114 cm³/mol. The van der Waals surface area contributed by atoms with Crippen LogP contribution in [0, 0.1) is 6.92 Å². The van der Waals surface area contributed by atoms with Gasteiger partial charge in [-0.3, -0.25) is 9.67 Å². The number of aryl methyl sites for hydroxylation is 2. The van der Waals surface area contributed by atoms with E-state index in [9.17, 15) is 0 Å². The van der Waals surface area contributed by atoms with E-state index in [0.29, 0.717) is 6.04 Å². The first-order valence-electron chi connectivity index (χ1n) is 8.40. The fourth-order valence-electron chi connectivity index (χ4n) is 3.01. The van der Waals surface area contributed by atoms with Crippen LogP contribution in [-0.2, 0) is 13.6 Å². The highest BCUT2D eigenvalue weighted by atomic mass is 127. The molecule has 1 aromatic carbocycles. The quantitative estimate of drug-likeness (QED) is 0.423. The van der Waals surface area contributed by atoms with Crippen molar-refractivity contribution >= 4 is 35.6 Å². The Bertz CT molecular complexity index is 694. The summed E-state index contributed by atoms with van der Waals surface area (Å²) in [6, 6.07) is 9.15. The molecule has 2 N–H and O–H groups in total. The van der Waals surface area contributed by atoms with Gasteiger partial charge in [-0.05, 0) is 25.5 Å². The molecule has 1 aliphatic rings. The van der Waals surface area contributed by atoms with E-state index in [2.05, 4.69) is 56.8 Å². The number of anilines is 1. The molecule has 0 radical (unpaired) electrons. The van der Waals surface area contributed by atoms with Gasteiger partial charge in [-0.15, -0.1) is 24.0 Å². The van der Waals surface area contributed by atoms with Crippen molar-refractivity contribution in [1.29, 1.82) is 0 Å². The summed E-state index contributed by atoms with van der Waals surface area (Å²) < 4.78 is 1.81. The summed E-state index contributed by atoms with van der Waals surface area (Å²) in [6.07, 6.45) is 4.99. The zero-order chi connectivity index (χ0) is 16.9. The Balaban J connectivity index is 0.00000225. The predicted octanol–water partition coefficient (Wildman–Crippen LogP) is 2.29. The largest absolute Gasteiger partial charge is 0.369 e. The molecule has 25 heavy (non-hydrogen) atoms. The molecule has 0 aliphatic carbocycles. The summed E-state index contributed by atoms with van der Waals surface area (Å²) in [5.41, 5.74) is 3.74. The molecule has 3 rings (SSSR count). The van der Waals surface area contributed by atoms with Gasteiger partial charge in [0.2, 0.25) is 0 Å². The Morgan fingerprint density at radius 3 is 2.72 bits per heavy atom. The topological polar surface area (TPSA) is 57.5 Å². The average Bonchev–Trinajstić information content (AvgIpc) is 3.21. The molecule has 1 fully saturated rings. The van der Waals surface area contributed by atoms with Crippen LogP contribution in [-0.4, -0.2) is 41.9 Å². The van der Waals surface area contributed by atoms with E-state index >= 15 is 0 Å². The Kier molecular flexibility index (Phi) is 7.10. The monoisotopic (exact) mass is 454 g/mol. The van der Waals surface area contributed by atoms with Gasteiger partial charge in [-0.1, -0.05) is 17.7 Å². The second kappa shape index (κ2) is 9.07. The number of nitrogens with one attached hydrogen (secondary N) is 2. The van der Waals surface area contributed by atoms with Crippen molar-refractivity contribution in [2.45, 2.75) is 25.9 Å². The number of aromatic nitrogens is 2. The molecule has 1 saturated heterocycles. The summed E-state index contributed by atoms with van der Waals surface area (Å²) in [5.74, 6) is 0.842. The lowest BCUT2D eigenvalue weighted by atomic mass is 10.2. The van der Waals surface area contributed by atoms with Crippen LogP contribution < -0.4 is 15.5 Å². The Labute approximate surface area is 166 Å². The Morgan fingerprint density at radius 1 is 1.32 bits per heavy atom. The molecule has 1 aromatic heterocycles. The van der Waals surface area contributed by atoms with Gasteiger partial charge in [0.25, 0.3) is 0 Å². The van der Waals surface area contributed by atoms with Crippen molar-refractivity contribution in [3.8, 4) is 0 Å². The fraction of sp³-hybridized carbons (Fsp3) is 0.444. The highest BCUT2D eigenvalue weighted by Gasteiger charge is 2.23. The molecule has 0 amide bonds. The normalized spacial score (nSPS) is 17.3. The molecule has 0 spiro atoms. The molecular formula is C18H27IN6. The van der Waals surface area contributed by atoms with E-state index in [1.54, 1.807) is 0 Å². The van der Waals surface area contributed by atoms with Crippen LogP contribution in [0.4, 0.5) is 5.69 Å². The highest BCUT2D eigenvalue weighted by Crippen LogP contribution is 2.20. The average molecular weight is 454 g/mol. The van der Waals surface area contributed by atoms with E-state index in [0.717, 1.165) is 37.6 Å². The van der Waals surface area contributed by atoms with Crippen LogP contribution in [0.5, 0.6) is 0 Å². The van der Waals surface area contributed by atoms with E-state index in [-0.39, 0.29) is 24.0 Å². The van der Waals surface area contributed by atoms with E-state index < -0.39 is 0 Å². The first-order valence-corrected chi connectivity index (χ1v) is 8.40. The summed E-state index contributed by atoms with van der Waals surface area (Å²) in [5, 5.41) is 11.1. The molecule has 1 atom stereocenters. The number of hydrogen-bond acceptors (Lipinski definition) is 3. The summed E-state index contributed by atoms with van der Waals surface area (Å²) >= 11 is 0. The third-order valence-corrected chi connectivity index (χ3v) is 4.37. The minimum atomic E-state index is 0. The van der Waals surface area contributed by atoms with E-state index in [1.165, 1.54) is 11.3 Å². The SMILES string of the molecule is CN=C(NCc1cnn(C)c1)NC1CCN(c2ccc(C)cc2)C1.I. The number of rotatable bonds is 4. The molecule has 7 heteroatoms. The molecule has 1 aliphatic heterocycles. The van der Waals surface area contributed by atoms with Gasteiger partial charge in [0.15, 0.2) is 5.96 Å². The van der Waals surface area contributed by atoms with Crippen molar-refractivity contribution in [2.24, 2.45) is 12.0 Å². The van der Waals surface area contributed by atoms with Crippen molar-refractivity contribution in [3.63, 3.8) is 0 Å². The minimum absolute atomic E-state index is 0. The molecule has 0 saturated carbocycles. The maximum atomic E-state index is 4.33. The molecule has 0 bridgehead atoms. The summed E-state index contributed by atoms with van der Waals surface area (Å²) in [6.45, 7) is 4.91. The fourth-order valence-corrected chi connectivity index (χ4v) is 3.01. The van der Waals surface area contributed by atoms with E-state index in [4.69, 9.17) is 0 Å². The van der Waals surface area contributed by atoms with Crippen LogP contribution in [0.25, 0.3) is 0 Å². The van der Waals surface area contributed by atoms with Crippen LogP contribution >= 0.6 is 24.0 Å². The number of guanidine groups is 1. The van der Waals surface area contributed by atoms with Crippen molar-refractivity contribution < 1.29 is 0 Å². The molecule has 136 valence electrons. The molecule has 6 nitrogen and oxygen atoms in total. The van der Waals surface area contributed by atoms with Gasteiger partial charge in [-0.25, -0.2) is 0 Å². The third-order valence-electron chi connectivity index (χ3n) is 4.37. The van der Waals surface area contributed by atoms with E-state index in [1.807, 2.05) is 31.2 Å². The lowest BCUT2D eigenvalue weighted by molar-refractivity contribution is 0.648. The number of hydrogen-bond donors (Lipinski definition) is 2. The number of aliphatic imine (C=N–C) groups is 1. The number of benzene rings is 1. The van der Waals surface area contributed by atoms with Gasteiger partial charge in [0.1, 0.15) is 0 Å². The highest BCUT2D eigenvalue weighted by molar-refractivity contribution is 14.0. The summed E-state index contributed by atoms with van der Waals surface area (Å²) in [7, 11) is 3.74. The van der Waals surface area contributed by atoms with Crippen LogP contribution in [0.2, 0.25) is 0 Å². The second-order valence-electron chi connectivity index (χ2n) is 6.36. The maximum Gasteiger partial charge on any atom is 0.191 e. The standard InChI is InChI=1S/C18H26N6.HI/c1-14-4-6-17(7-5-14)24-9-8-16(13-24)22-18(19-2)20-10-15-11-21-23(3)12-15;/h4-7,11-12,16H,8-10,13H2,1-3H3,(H2,19,20,22);1H. The van der Waals surface area contributed by atoms with Crippen LogP contribution in [0.15, 0.2) is 41.7 Å². The Morgan fingerprint density at radius 2 is 2.08 bits per heavy atom. The van der Waals surface area contributed by atoms with Gasteiger partial charge in [0.05, 0.1) is 6.20 Å². The van der Waals surface area contributed by atoms with Crippen molar-refractivity contribution in [3.05, 3.63) is 47.8 Å². The lowest BCUT2D eigenvalue weighted by Crippen LogP contribution is -2.44. The molecule has 1 unspecified atom stereocenters. The lowest BCUT2D eigenvalue weighted by Gasteiger charge is -2.20. The Hall–Kier alpha value is -1.77. The second-order valence-corrected chi connectivity index (χ2v) is 6.36. The first kappa shape index (κ1) is 19.6. The third kappa shape index (κ3) is 5.35. The number of halogens is 1. The first-order chi connectivity index (χ1) is 11.6. The molecule has 2 heterocycles. The smallest absolute Gasteiger partial charge is 0.191 e. The van der Waals surface area contributed by atoms with Gasteiger partial charge in [0, 0.05) is 57.2 Å². The molecular weight excluding hydrogens is 427 g/mol. The van der Waals surface area contributed by atoms with Crippen LogP contribution in [0.1, 0.15) is 17.5 Å². The van der Waals surface area contributed by atoms with Gasteiger partial charge < -0.3 is 15.5 Å². The summed E-state index contributed by atoms with van der Waals surface area (Å²) in [4.78, 5) is 6.75. The van der Waals surface area contributed by atoms with Crippen molar-refractivity contribution in [2.75, 3.05) is 25.0 Å². The van der Waals surface area contributed by atoms with Crippen molar-refractivity contribution in [1.82, 2.24) is 20.4 Å². The zero-order valence-electron chi connectivity index (χ0n) is 15.1. The van der Waals surface area contributed by atoms with Crippen LogP contribution in [0.3, 0.4) is 0 Å². The number of nitrogens with zero attached hydrogens (tertiary/aromatic N) is 4. The van der Waals surface area contributed by atoms with Gasteiger partial charge >= 0.3 is 0 Å². The zero-order valence-corrected chi connectivity index (χ0v) is 17.4. The molecule has 2 aromatic rings. The van der Waals surface area contributed by atoms with Gasteiger partial charge in [-0.2, -0.15) is 5.10 Å². The maximum absolute atomic E-state index is 4.33.